The van der Waals surface area contributed by atoms with Gasteiger partial charge in [-0.15, -0.1) is 0 Å². The largest absolute Gasteiger partial charge is 0.332 e. The molecule has 0 aromatic carbocycles. The van der Waals surface area contributed by atoms with Gasteiger partial charge in [-0.2, -0.15) is 0 Å². The molecule has 1 saturated heterocycles. The van der Waals surface area contributed by atoms with Crippen molar-refractivity contribution >= 4 is 5.96 Å². The fourth-order valence-electron chi connectivity index (χ4n) is 0.700. The zero-order chi connectivity index (χ0) is 7.72. The highest BCUT2D eigenvalue weighted by atomic mass is 16.7. The van der Waals surface area contributed by atoms with E-state index in [9.17, 15) is 10.1 Å². The average Bonchev–Trinajstić information content (AvgIpc) is 2.44. The van der Waals surface area contributed by atoms with Crippen LogP contribution in [0, 0.1) is 15.5 Å². The van der Waals surface area contributed by atoms with E-state index in [-0.39, 0.29) is 12.0 Å². The summed E-state index contributed by atoms with van der Waals surface area (Å²) in [6.07, 6.45) is 0. The van der Waals surface area contributed by atoms with Gasteiger partial charge in [-0.1, -0.05) is 5.43 Å². The molecule has 0 aliphatic carbocycles. The molecule has 1 atom stereocenters. The Morgan fingerprint density at radius 2 is 2.50 bits per heavy atom. The van der Waals surface area contributed by atoms with Crippen molar-refractivity contribution < 1.29 is 5.03 Å². The lowest BCUT2D eigenvalue weighted by molar-refractivity contribution is -0.526. The first-order valence-corrected chi connectivity index (χ1v) is 2.87. The minimum Gasteiger partial charge on any atom is -0.332 e. The summed E-state index contributed by atoms with van der Waals surface area (Å²) in [5, 5.41) is 16.1. The highest BCUT2D eigenvalue weighted by Crippen LogP contribution is 2.14. The Bertz CT molecular complexity index is 180. The summed E-state index contributed by atoms with van der Waals surface area (Å²) in [6.45, 7) is 2.63. The number of nitrogens with zero attached hydrogens (tertiary/aromatic N) is 2. The minimum atomic E-state index is -0.729. The van der Waals surface area contributed by atoms with Crippen LogP contribution < -0.4 is 5.43 Å². The van der Waals surface area contributed by atoms with E-state index in [1.807, 2.05) is 6.92 Å². The Balaban J connectivity index is 2.30. The molecule has 0 spiro atoms. The predicted molar refractivity (Wildman–Crippen MR) is 34.0 cm³/mol. The maximum Gasteiger partial charge on any atom is 0.254 e. The summed E-state index contributed by atoms with van der Waals surface area (Å²) >= 11 is 0. The summed E-state index contributed by atoms with van der Waals surface area (Å²) in [6, 6.07) is 0.278. The second kappa shape index (κ2) is 2.13. The van der Waals surface area contributed by atoms with Crippen molar-refractivity contribution in [3.63, 3.8) is 0 Å². The van der Waals surface area contributed by atoms with Gasteiger partial charge in [-0.25, -0.2) is 10.1 Å². The molecule has 6 heteroatoms. The van der Waals surface area contributed by atoms with Crippen LogP contribution in [0.25, 0.3) is 0 Å². The zero-order valence-corrected chi connectivity index (χ0v) is 5.50. The molecule has 0 saturated carbocycles. The third-order valence-corrected chi connectivity index (χ3v) is 1.34. The first kappa shape index (κ1) is 6.79. The van der Waals surface area contributed by atoms with Gasteiger partial charge in [-0.05, 0) is 6.92 Å². The monoisotopic (exact) mass is 144 g/mol. The minimum absolute atomic E-state index is 0.127. The van der Waals surface area contributed by atoms with E-state index in [0.29, 0.717) is 0 Å². The maximum absolute atomic E-state index is 9.78. The molecule has 0 bridgehead atoms. The van der Waals surface area contributed by atoms with Crippen molar-refractivity contribution in [1.29, 1.82) is 5.41 Å². The summed E-state index contributed by atoms with van der Waals surface area (Å²) < 4.78 is 0. The number of hydrogen-bond acceptors (Lipinski definition) is 3. The van der Waals surface area contributed by atoms with E-state index in [0.717, 1.165) is 6.54 Å². The molecule has 0 amide bonds. The van der Waals surface area contributed by atoms with Crippen LogP contribution in [0.5, 0.6) is 0 Å². The highest BCUT2D eigenvalue weighted by molar-refractivity contribution is 5.78. The molecule has 10 heavy (non-hydrogen) atoms. The number of rotatable bonds is 1. The lowest BCUT2D eigenvalue weighted by Crippen LogP contribution is -2.34. The van der Waals surface area contributed by atoms with Crippen molar-refractivity contribution in [2.24, 2.45) is 0 Å². The third kappa shape index (κ3) is 1.34. The smallest absolute Gasteiger partial charge is 0.254 e. The number of guanidine groups is 1. The van der Waals surface area contributed by atoms with E-state index in [2.05, 4.69) is 0 Å². The second-order valence-electron chi connectivity index (χ2n) is 2.22. The van der Waals surface area contributed by atoms with Crippen LogP contribution in [0.2, 0.25) is 0 Å². The molecule has 1 aliphatic heterocycles. The first-order valence-electron chi connectivity index (χ1n) is 2.87. The zero-order valence-electron chi connectivity index (χ0n) is 5.50. The molecule has 1 rings (SSSR count). The summed E-state index contributed by atoms with van der Waals surface area (Å²) in [7, 11) is 0. The summed E-state index contributed by atoms with van der Waals surface area (Å²) in [5.41, 5.74) is 1.77. The van der Waals surface area contributed by atoms with Crippen LogP contribution in [0.3, 0.4) is 0 Å². The van der Waals surface area contributed by atoms with Gasteiger partial charge in [0, 0.05) is 12.6 Å². The first-order chi connectivity index (χ1) is 4.61. The van der Waals surface area contributed by atoms with Gasteiger partial charge < -0.3 is 4.90 Å². The molecule has 1 unspecified atom stereocenters. The molecule has 0 aromatic heterocycles. The molecule has 1 fully saturated rings. The van der Waals surface area contributed by atoms with Crippen molar-refractivity contribution in [1.82, 2.24) is 10.3 Å². The number of hydrazine groups is 1. The van der Waals surface area contributed by atoms with E-state index in [4.69, 9.17) is 5.41 Å². The predicted octanol–water partition coefficient (Wildman–Crippen LogP) is -0.593. The molecular formula is C4H8N4O2. The van der Waals surface area contributed by atoms with Crippen molar-refractivity contribution in [2.75, 3.05) is 6.54 Å². The van der Waals surface area contributed by atoms with E-state index >= 15 is 0 Å². The molecule has 6 nitrogen and oxygen atoms in total. The molecular weight excluding hydrogens is 136 g/mol. The van der Waals surface area contributed by atoms with Gasteiger partial charge in [0.2, 0.25) is 0 Å². The van der Waals surface area contributed by atoms with Crippen LogP contribution >= 0.6 is 0 Å². The maximum atomic E-state index is 9.78. The van der Waals surface area contributed by atoms with Crippen LogP contribution in [0.1, 0.15) is 6.92 Å². The van der Waals surface area contributed by atoms with Crippen molar-refractivity contribution in [2.45, 2.75) is 13.0 Å². The lowest BCUT2D eigenvalue weighted by Gasteiger charge is -1.99. The Morgan fingerprint density at radius 1 is 2.00 bits per heavy atom. The second-order valence-corrected chi connectivity index (χ2v) is 2.22. The summed E-state index contributed by atoms with van der Waals surface area (Å²) in [4.78, 5) is 11.4. The van der Waals surface area contributed by atoms with E-state index in [1.165, 1.54) is 0 Å². The molecule has 1 aliphatic rings. The SMILES string of the molecule is CC1CN1C(=N)N[N+](=O)[O-]. The quantitative estimate of drug-likeness (QED) is 0.169. The topological polar surface area (TPSA) is 82.0 Å². The number of nitro groups is 1. The van der Waals surface area contributed by atoms with Crippen LogP contribution in [0.4, 0.5) is 0 Å². The Labute approximate surface area is 57.4 Å². The van der Waals surface area contributed by atoms with Crippen molar-refractivity contribution in [3.05, 3.63) is 10.1 Å². The van der Waals surface area contributed by atoms with Crippen molar-refractivity contribution in [3.8, 4) is 0 Å². The van der Waals surface area contributed by atoms with Gasteiger partial charge in [0.1, 0.15) is 0 Å². The summed E-state index contributed by atoms with van der Waals surface area (Å²) in [5.74, 6) is -0.127. The Morgan fingerprint density at radius 3 is 2.80 bits per heavy atom. The fourth-order valence-corrected chi connectivity index (χ4v) is 0.700. The Kier molecular flexibility index (Phi) is 1.44. The third-order valence-electron chi connectivity index (χ3n) is 1.34. The molecule has 1 heterocycles. The highest BCUT2D eigenvalue weighted by Gasteiger charge is 2.33. The standard InChI is InChI=1S/C4H8N4O2/c1-3-2-7(3)4(5)6-8(9)10/h3H,2H2,1H3,(H2,5,6). The van der Waals surface area contributed by atoms with Gasteiger partial charge >= 0.3 is 0 Å². The van der Waals surface area contributed by atoms with Crippen LogP contribution in [-0.4, -0.2) is 28.5 Å². The molecule has 0 radical (unpaired) electrons. The molecule has 56 valence electrons. The van der Waals surface area contributed by atoms with E-state index in [1.54, 1.807) is 10.3 Å². The van der Waals surface area contributed by atoms with Gasteiger partial charge in [-0.3, -0.25) is 5.41 Å². The Hall–Kier alpha value is -1.33. The number of hydrogen-bond donors (Lipinski definition) is 2. The van der Waals surface area contributed by atoms with Gasteiger partial charge in [0.15, 0.2) is 5.03 Å². The number of nitrogens with one attached hydrogen (secondary N) is 2. The van der Waals surface area contributed by atoms with E-state index < -0.39 is 5.03 Å². The van der Waals surface area contributed by atoms with Crippen LogP contribution in [0.15, 0.2) is 0 Å². The average molecular weight is 144 g/mol. The van der Waals surface area contributed by atoms with Crippen LogP contribution in [-0.2, 0) is 0 Å². The van der Waals surface area contributed by atoms with Gasteiger partial charge in [0.25, 0.3) is 5.96 Å². The fraction of sp³-hybridized carbons (Fsp3) is 0.750. The molecule has 2 N–H and O–H groups in total. The molecule has 0 aromatic rings. The lowest BCUT2D eigenvalue weighted by atomic mass is 10.6. The normalized spacial score (nSPS) is 22.1. The van der Waals surface area contributed by atoms with Gasteiger partial charge in [0.05, 0.1) is 0 Å².